The molecule has 1 fully saturated rings. The number of methoxy groups -OCH3 is 1. The van der Waals surface area contributed by atoms with Crippen LogP contribution < -0.4 is 10.1 Å². The third kappa shape index (κ3) is 5.01. The second-order valence-corrected chi connectivity index (χ2v) is 6.50. The highest BCUT2D eigenvalue weighted by Gasteiger charge is 2.25. The van der Waals surface area contributed by atoms with Gasteiger partial charge in [-0.1, -0.05) is 0 Å². The van der Waals surface area contributed by atoms with E-state index in [2.05, 4.69) is 15.3 Å². The van der Waals surface area contributed by atoms with Crippen LogP contribution in [0.5, 0.6) is 5.88 Å². The molecule has 150 valence electrons. The molecule has 0 atom stereocenters. The Balaban J connectivity index is 1.39. The molecule has 1 aliphatic heterocycles. The molecule has 9 heteroatoms. The first-order chi connectivity index (χ1) is 13.6. The van der Waals surface area contributed by atoms with Crippen LogP contribution in [0.15, 0.2) is 35.1 Å². The number of hydrogen-bond acceptors (Lipinski definition) is 6. The van der Waals surface area contributed by atoms with Crippen molar-refractivity contribution in [2.45, 2.75) is 0 Å². The predicted octanol–water partition coefficient (Wildman–Crippen LogP) is 0.609. The van der Waals surface area contributed by atoms with Crippen LogP contribution in [0.2, 0.25) is 0 Å². The maximum atomic E-state index is 12.7. The average Bonchev–Trinajstić information content (AvgIpc) is 3.35. The van der Waals surface area contributed by atoms with Crippen molar-refractivity contribution in [2.24, 2.45) is 7.05 Å². The number of piperazine rings is 1. The standard InChI is InChI=1S/C19H25N5O4/c1-22-14-16(18(21-22)27-2)19(26)24-11-9-23(10-12-24)8-7-20-17(25)6-5-15-4-3-13-28-15/h3-6,13-14H,7-12H2,1-2H3,(H,20,25)/b6-5+. The fourth-order valence-corrected chi connectivity index (χ4v) is 3.05. The van der Waals surface area contributed by atoms with Crippen LogP contribution in [0.3, 0.4) is 0 Å². The summed E-state index contributed by atoms with van der Waals surface area (Å²) >= 11 is 0. The molecular formula is C19H25N5O4. The number of nitrogens with zero attached hydrogens (tertiary/aromatic N) is 4. The van der Waals surface area contributed by atoms with E-state index in [9.17, 15) is 9.59 Å². The molecule has 2 amide bonds. The number of carbonyl (C=O) groups is 2. The molecule has 0 saturated carbocycles. The van der Waals surface area contributed by atoms with Crippen LogP contribution in [0, 0.1) is 0 Å². The van der Waals surface area contributed by atoms with E-state index in [0.717, 1.165) is 19.6 Å². The fraction of sp³-hybridized carbons (Fsp3) is 0.421. The van der Waals surface area contributed by atoms with Gasteiger partial charge in [0, 0.05) is 58.6 Å². The van der Waals surface area contributed by atoms with Crippen molar-refractivity contribution >= 4 is 17.9 Å². The molecule has 3 rings (SSSR count). The Hall–Kier alpha value is -3.07. The van der Waals surface area contributed by atoms with Crippen molar-refractivity contribution < 1.29 is 18.7 Å². The number of ether oxygens (including phenoxy) is 1. The third-order valence-electron chi connectivity index (χ3n) is 4.55. The molecule has 1 N–H and O–H groups in total. The van der Waals surface area contributed by atoms with Crippen LogP contribution in [-0.2, 0) is 11.8 Å². The number of carbonyl (C=O) groups excluding carboxylic acids is 2. The number of nitrogens with one attached hydrogen (secondary N) is 1. The second kappa shape index (κ2) is 9.23. The number of aryl methyl sites for hydroxylation is 1. The SMILES string of the molecule is COc1nn(C)cc1C(=O)N1CCN(CCNC(=O)/C=C/c2ccco2)CC1. The zero-order chi connectivity index (χ0) is 19.9. The minimum atomic E-state index is -0.158. The topological polar surface area (TPSA) is 92.8 Å². The highest BCUT2D eigenvalue weighted by Crippen LogP contribution is 2.18. The van der Waals surface area contributed by atoms with Crippen molar-refractivity contribution in [1.82, 2.24) is 24.9 Å². The minimum absolute atomic E-state index is 0.0685. The molecule has 2 aromatic rings. The van der Waals surface area contributed by atoms with Gasteiger partial charge in [-0.15, -0.1) is 5.10 Å². The summed E-state index contributed by atoms with van der Waals surface area (Å²) in [6, 6.07) is 3.55. The van der Waals surface area contributed by atoms with E-state index in [1.165, 1.54) is 13.2 Å². The number of aromatic nitrogens is 2. The van der Waals surface area contributed by atoms with Gasteiger partial charge in [0.2, 0.25) is 11.8 Å². The van der Waals surface area contributed by atoms with Crippen molar-refractivity contribution in [3.05, 3.63) is 42.0 Å². The Bertz CT molecular complexity index is 820. The van der Waals surface area contributed by atoms with Gasteiger partial charge in [0.15, 0.2) is 0 Å². The van der Waals surface area contributed by atoms with E-state index < -0.39 is 0 Å². The van der Waals surface area contributed by atoms with Crippen molar-refractivity contribution in [2.75, 3.05) is 46.4 Å². The maximum absolute atomic E-state index is 12.7. The highest BCUT2D eigenvalue weighted by atomic mass is 16.5. The van der Waals surface area contributed by atoms with Gasteiger partial charge >= 0.3 is 0 Å². The Morgan fingerprint density at radius 1 is 1.32 bits per heavy atom. The molecule has 1 aliphatic rings. The van der Waals surface area contributed by atoms with Gasteiger partial charge in [-0.2, -0.15) is 0 Å². The minimum Gasteiger partial charge on any atom is -0.479 e. The molecule has 0 unspecified atom stereocenters. The summed E-state index contributed by atoms with van der Waals surface area (Å²) in [5.41, 5.74) is 0.481. The molecule has 9 nitrogen and oxygen atoms in total. The molecule has 2 aromatic heterocycles. The largest absolute Gasteiger partial charge is 0.479 e. The van der Waals surface area contributed by atoms with Crippen molar-refractivity contribution in [1.29, 1.82) is 0 Å². The van der Waals surface area contributed by atoms with E-state index in [1.54, 1.807) is 47.3 Å². The average molecular weight is 387 g/mol. The molecular weight excluding hydrogens is 362 g/mol. The number of hydrogen-bond donors (Lipinski definition) is 1. The fourth-order valence-electron chi connectivity index (χ4n) is 3.05. The third-order valence-corrected chi connectivity index (χ3v) is 4.55. The first kappa shape index (κ1) is 19.7. The van der Waals surface area contributed by atoms with Crippen molar-refractivity contribution in [3.8, 4) is 5.88 Å². The zero-order valence-corrected chi connectivity index (χ0v) is 16.1. The summed E-state index contributed by atoms with van der Waals surface area (Å²) in [6.45, 7) is 4.05. The van der Waals surface area contributed by atoms with Crippen LogP contribution in [0.4, 0.5) is 0 Å². The number of rotatable bonds is 7. The molecule has 0 aromatic carbocycles. The van der Waals surface area contributed by atoms with E-state index in [4.69, 9.17) is 9.15 Å². The van der Waals surface area contributed by atoms with E-state index in [0.29, 0.717) is 36.8 Å². The number of amides is 2. The Morgan fingerprint density at radius 3 is 2.79 bits per heavy atom. The first-order valence-corrected chi connectivity index (χ1v) is 9.15. The van der Waals surface area contributed by atoms with E-state index >= 15 is 0 Å². The molecule has 0 radical (unpaired) electrons. The summed E-state index contributed by atoms with van der Waals surface area (Å²) in [5, 5.41) is 6.99. The monoisotopic (exact) mass is 387 g/mol. The molecule has 0 spiro atoms. The Morgan fingerprint density at radius 2 is 2.11 bits per heavy atom. The van der Waals surface area contributed by atoms with Gasteiger partial charge in [-0.3, -0.25) is 19.2 Å². The molecule has 0 aliphatic carbocycles. The normalized spacial score (nSPS) is 15.1. The maximum Gasteiger partial charge on any atom is 0.261 e. The highest BCUT2D eigenvalue weighted by molar-refractivity contribution is 5.96. The van der Waals surface area contributed by atoms with Crippen molar-refractivity contribution in [3.63, 3.8) is 0 Å². The lowest BCUT2D eigenvalue weighted by molar-refractivity contribution is -0.116. The molecule has 1 saturated heterocycles. The van der Waals surface area contributed by atoms with E-state index in [-0.39, 0.29) is 11.8 Å². The number of furan rings is 1. The predicted molar refractivity (Wildman–Crippen MR) is 103 cm³/mol. The first-order valence-electron chi connectivity index (χ1n) is 9.15. The van der Waals surface area contributed by atoms with Crippen LogP contribution in [0.1, 0.15) is 16.1 Å². The van der Waals surface area contributed by atoms with Crippen LogP contribution >= 0.6 is 0 Å². The van der Waals surface area contributed by atoms with Gasteiger partial charge in [-0.05, 0) is 18.2 Å². The van der Waals surface area contributed by atoms with Crippen LogP contribution in [-0.4, -0.2) is 77.8 Å². The summed E-state index contributed by atoms with van der Waals surface area (Å²) in [5.74, 6) is 0.760. The van der Waals surface area contributed by atoms with Gasteiger partial charge in [0.05, 0.1) is 13.4 Å². The molecule has 28 heavy (non-hydrogen) atoms. The Kier molecular flexibility index (Phi) is 6.49. The van der Waals surface area contributed by atoms with Gasteiger partial charge in [0.1, 0.15) is 11.3 Å². The van der Waals surface area contributed by atoms with Gasteiger partial charge in [-0.25, -0.2) is 0 Å². The summed E-state index contributed by atoms with van der Waals surface area (Å²) in [7, 11) is 3.27. The zero-order valence-electron chi connectivity index (χ0n) is 16.1. The van der Waals surface area contributed by atoms with Gasteiger partial charge < -0.3 is 19.4 Å². The quantitative estimate of drug-likeness (QED) is 0.700. The lowest BCUT2D eigenvalue weighted by atomic mass is 10.2. The lowest BCUT2D eigenvalue weighted by Gasteiger charge is -2.34. The summed E-state index contributed by atoms with van der Waals surface area (Å²) in [4.78, 5) is 28.5. The smallest absolute Gasteiger partial charge is 0.261 e. The Labute approximate surface area is 163 Å². The summed E-state index contributed by atoms with van der Waals surface area (Å²) < 4.78 is 11.9. The summed E-state index contributed by atoms with van der Waals surface area (Å²) in [6.07, 6.45) is 6.33. The molecule has 3 heterocycles. The molecule has 0 bridgehead atoms. The van der Waals surface area contributed by atoms with E-state index in [1.807, 2.05) is 0 Å². The lowest BCUT2D eigenvalue weighted by Crippen LogP contribution is -2.50. The van der Waals surface area contributed by atoms with Crippen LogP contribution in [0.25, 0.3) is 6.08 Å². The second-order valence-electron chi connectivity index (χ2n) is 6.50. The van der Waals surface area contributed by atoms with Gasteiger partial charge in [0.25, 0.3) is 5.91 Å².